The molecule has 0 radical (unpaired) electrons. The Bertz CT molecular complexity index is 462. The van der Waals surface area contributed by atoms with E-state index in [-0.39, 0.29) is 6.42 Å². The number of anilines is 1. The molecule has 0 aliphatic heterocycles. The first kappa shape index (κ1) is 17.8. The molecular formula is C15H23ClN2O3. The van der Waals surface area contributed by atoms with Crippen LogP contribution in [0.5, 0.6) is 0 Å². The number of hydroxylamine groups is 1. The van der Waals surface area contributed by atoms with Gasteiger partial charge in [-0.2, -0.15) is 0 Å². The molecule has 21 heavy (non-hydrogen) atoms. The van der Waals surface area contributed by atoms with Crippen LogP contribution < -0.4 is 10.8 Å². The molecular weight excluding hydrogens is 292 g/mol. The molecule has 0 aliphatic rings. The maximum Gasteiger partial charge on any atom is 0.304 e. The smallest absolute Gasteiger partial charge is 0.304 e. The summed E-state index contributed by atoms with van der Waals surface area (Å²) < 4.78 is 0. The van der Waals surface area contributed by atoms with E-state index >= 15 is 0 Å². The minimum absolute atomic E-state index is 0.0411. The number of aryl methyl sites for hydroxylation is 1. The topological polar surface area (TPSA) is 75.8 Å². The highest BCUT2D eigenvalue weighted by molar-refractivity contribution is 6.18. The van der Waals surface area contributed by atoms with Crippen LogP contribution in [0, 0.1) is 6.92 Å². The molecule has 1 rings (SSSR count). The molecule has 118 valence electrons. The molecule has 1 aromatic rings. The Balaban J connectivity index is 2.89. The number of hydrogen-bond donors (Lipinski definition) is 2. The maximum absolute atomic E-state index is 10.7. The van der Waals surface area contributed by atoms with Gasteiger partial charge in [0.15, 0.2) is 0 Å². The largest absolute Gasteiger partial charge is 0.481 e. The van der Waals surface area contributed by atoms with Crippen LogP contribution >= 0.6 is 11.6 Å². The van der Waals surface area contributed by atoms with Crippen molar-refractivity contribution in [3.63, 3.8) is 0 Å². The summed E-state index contributed by atoms with van der Waals surface area (Å²) in [7, 11) is 0. The zero-order valence-electron chi connectivity index (χ0n) is 12.5. The number of carbonyl (C=O) groups is 1. The summed E-state index contributed by atoms with van der Waals surface area (Å²) in [5.41, 5.74) is 8.89. The number of hydrogen-bond acceptors (Lipinski definition) is 4. The molecule has 1 aromatic carbocycles. The highest BCUT2D eigenvalue weighted by Gasteiger charge is 2.13. The molecule has 0 heterocycles. The fourth-order valence-electron chi connectivity index (χ4n) is 2.11. The normalized spacial score (nSPS) is 12.2. The van der Waals surface area contributed by atoms with E-state index in [1.165, 1.54) is 0 Å². The van der Waals surface area contributed by atoms with Gasteiger partial charge in [-0.05, 0) is 43.5 Å². The summed E-state index contributed by atoms with van der Waals surface area (Å²) in [4.78, 5) is 16.3. The van der Waals surface area contributed by atoms with Crippen molar-refractivity contribution in [3.05, 3.63) is 29.3 Å². The van der Waals surface area contributed by atoms with Crippen molar-refractivity contribution in [2.45, 2.75) is 32.7 Å². The zero-order chi connectivity index (χ0) is 15.8. The van der Waals surface area contributed by atoms with E-state index in [0.29, 0.717) is 25.5 Å². The molecule has 0 spiro atoms. The fourth-order valence-corrected chi connectivity index (χ4v) is 2.27. The van der Waals surface area contributed by atoms with E-state index in [0.717, 1.165) is 16.8 Å². The molecule has 1 unspecified atom stereocenters. The van der Waals surface area contributed by atoms with E-state index in [1.54, 1.807) is 5.06 Å². The second-order valence-corrected chi connectivity index (χ2v) is 5.26. The van der Waals surface area contributed by atoms with Gasteiger partial charge in [0.05, 0.1) is 25.3 Å². The Morgan fingerprint density at radius 1 is 1.52 bits per heavy atom. The average molecular weight is 315 g/mol. The van der Waals surface area contributed by atoms with Gasteiger partial charge in [0, 0.05) is 11.9 Å². The predicted octanol–water partition coefficient (Wildman–Crippen LogP) is 2.34. The van der Waals surface area contributed by atoms with Crippen LogP contribution in [0.25, 0.3) is 0 Å². The number of halogens is 1. The minimum atomic E-state index is -0.880. The van der Waals surface area contributed by atoms with Crippen molar-refractivity contribution in [2.75, 3.05) is 24.1 Å². The Morgan fingerprint density at radius 3 is 2.81 bits per heavy atom. The lowest BCUT2D eigenvalue weighted by molar-refractivity contribution is -0.137. The van der Waals surface area contributed by atoms with Crippen LogP contribution in [0.1, 0.15) is 24.5 Å². The number of aliphatic carboxylic acids is 1. The number of alkyl halides is 1. The van der Waals surface area contributed by atoms with E-state index in [1.807, 2.05) is 32.0 Å². The van der Waals surface area contributed by atoms with E-state index in [9.17, 15) is 4.79 Å². The molecule has 0 saturated heterocycles. The number of carboxylic acids is 1. The molecule has 0 fully saturated rings. The molecule has 3 N–H and O–H groups in total. The Hall–Kier alpha value is -1.30. The number of nitrogens with zero attached hydrogens (tertiary/aromatic N) is 1. The monoisotopic (exact) mass is 314 g/mol. The molecule has 1 atom stereocenters. The molecule has 0 aliphatic carbocycles. The van der Waals surface area contributed by atoms with Gasteiger partial charge in [0.1, 0.15) is 0 Å². The van der Waals surface area contributed by atoms with Crippen molar-refractivity contribution in [1.82, 2.24) is 0 Å². The number of rotatable bonds is 9. The first-order valence-corrected chi connectivity index (χ1v) is 7.54. The van der Waals surface area contributed by atoms with Gasteiger partial charge in [-0.1, -0.05) is 6.07 Å². The van der Waals surface area contributed by atoms with Crippen LogP contribution in [0.4, 0.5) is 5.69 Å². The third-order valence-electron chi connectivity index (χ3n) is 3.11. The number of carboxylic acid groups (broad SMARTS) is 1. The summed E-state index contributed by atoms with van der Waals surface area (Å²) in [6.07, 6.45) is 0.479. The van der Waals surface area contributed by atoms with Crippen molar-refractivity contribution in [1.29, 1.82) is 0 Å². The highest BCUT2D eigenvalue weighted by atomic mass is 35.5. The van der Waals surface area contributed by atoms with Crippen molar-refractivity contribution < 1.29 is 14.7 Å². The van der Waals surface area contributed by atoms with Crippen molar-refractivity contribution >= 4 is 23.3 Å². The van der Waals surface area contributed by atoms with Crippen LogP contribution in [-0.4, -0.2) is 36.1 Å². The second kappa shape index (κ2) is 8.87. The molecule has 0 saturated carbocycles. The van der Waals surface area contributed by atoms with Crippen molar-refractivity contribution in [2.24, 2.45) is 5.73 Å². The van der Waals surface area contributed by atoms with Crippen molar-refractivity contribution in [3.8, 4) is 0 Å². The molecule has 0 aromatic heterocycles. The molecule has 0 bridgehead atoms. The molecule has 6 heteroatoms. The fraction of sp³-hybridized carbons (Fsp3) is 0.533. The summed E-state index contributed by atoms with van der Waals surface area (Å²) in [6, 6.07) is 5.53. The molecule has 5 nitrogen and oxygen atoms in total. The van der Waals surface area contributed by atoms with Gasteiger partial charge in [-0.15, -0.1) is 11.6 Å². The van der Waals surface area contributed by atoms with Crippen LogP contribution in [0.2, 0.25) is 0 Å². The van der Waals surface area contributed by atoms with Gasteiger partial charge in [-0.3, -0.25) is 14.7 Å². The van der Waals surface area contributed by atoms with E-state index < -0.39 is 12.0 Å². The van der Waals surface area contributed by atoms with Gasteiger partial charge in [0.2, 0.25) is 0 Å². The standard InChI is InChI=1S/C15H23ClN2O3/c1-3-21-18(7-6-16)14-5-4-11(2)12(9-14)8-13(17)10-15(19)20/h4-5,9,13H,3,6-8,10,17H2,1-2H3,(H,19,20). The van der Waals surface area contributed by atoms with Gasteiger partial charge >= 0.3 is 5.97 Å². The van der Waals surface area contributed by atoms with Crippen LogP contribution in [0.15, 0.2) is 18.2 Å². The lowest BCUT2D eigenvalue weighted by Gasteiger charge is -2.23. The summed E-state index contributed by atoms with van der Waals surface area (Å²) >= 11 is 5.79. The molecule has 0 amide bonds. The Kier molecular flexibility index (Phi) is 7.50. The predicted molar refractivity (Wildman–Crippen MR) is 84.8 cm³/mol. The third kappa shape index (κ3) is 5.91. The summed E-state index contributed by atoms with van der Waals surface area (Å²) in [5.74, 6) is -0.420. The average Bonchev–Trinajstić information content (AvgIpc) is 2.40. The Morgan fingerprint density at radius 2 is 2.24 bits per heavy atom. The SMILES string of the molecule is CCON(CCCl)c1ccc(C)c(CC(N)CC(=O)O)c1. The third-order valence-corrected chi connectivity index (χ3v) is 3.28. The van der Waals surface area contributed by atoms with Gasteiger partial charge in [-0.25, -0.2) is 0 Å². The number of nitrogens with two attached hydrogens (primary N) is 1. The second-order valence-electron chi connectivity index (χ2n) is 4.88. The lowest BCUT2D eigenvalue weighted by atomic mass is 9.99. The van der Waals surface area contributed by atoms with Gasteiger partial charge < -0.3 is 10.8 Å². The number of benzene rings is 1. The lowest BCUT2D eigenvalue weighted by Crippen LogP contribution is -2.28. The first-order valence-electron chi connectivity index (χ1n) is 7.01. The Labute approximate surface area is 130 Å². The van der Waals surface area contributed by atoms with Gasteiger partial charge in [0.25, 0.3) is 0 Å². The quantitative estimate of drug-likeness (QED) is 0.540. The zero-order valence-corrected chi connectivity index (χ0v) is 13.3. The highest BCUT2D eigenvalue weighted by Crippen LogP contribution is 2.21. The summed E-state index contributed by atoms with van der Waals surface area (Å²) in [6.45, 7) is 5.04. The summed E-state index contributed by atoms with van der Waals surface area (Å²) in [5, 5.41) is 10.5. The van der Waals surface area contributed by atoms with E-state index in [4.69, 9.17) is 27.3 Å². The van der Waals surface area contributed by atoms with E-state index in [2.05, 4.69) is 0 Å². The minimum Gasteiger partial charge on any atom is -0.481 e. The first-order chi connectivity index (χ1) is 9.97. The van der Waals surface area contributed by atoms with Crippen LogP contribution in [-0.2, 0) is 16.1 Å². The van der Waals surface area contributed by atoms with Crippen LogP contribution in [0.3, 0.4) is 0 Å². The maximum atomic E-state index is 10.7.